The number of aromatic nitrogens is 1. The normalized spacial score (nSPS) is 10.3. The molecule has 0 spiro atoms. The molecule has 0 atom stereocenters. The topological polar surface area (TPSA) is 92.0 Å². The quantitative estimate of drug-likeness (QED) is 0.777. The van der Waals surface area contributed by atoms with E-state index in [1.165, 1.54) is 0 Å². The SMILES string of the molecule is N#CCc1cn(CC(=O)O)c2cccc(N)c12. The number of carbonyl (C=O) groups is 1. The Morgan fingerprint density at radius 2 is 2.29 bits per heavy atom. The van der Waals surface area contributed by atoms with Gasteiger partial charge < -0.3 is 15.4 Å². The third kappa shape index (κ3) is 1.93. The van der Waals surface area contributed by atoms with E-state index in [9.17, 15) is 4.79 Å². The number of nitrogen functional groups attached to an aromatic ring is 1. The van der Waals surface area contributed by atoms with Gasteiger partial charge in [0.2, 0.25) is 0 Å². The number of benzene rings is 1. The highest BCUT2D eigenvalue weighted by Gasteiger charge is 2.12. The predicted molar refractivity (Wildman–Crippen MR) is 63.3 cm³/mol. The molecule has 2 rings (SSSR count). The van der Waals surface area contributed by atoms with E-state index >= 15 is 0 Å². The molecule has 2 aromatic rings. The molecule has 1 aromatic carbocycles. The maximum Gasteiger partial charge on any atom is 0.323 e. The summed E-state index contributed by atoms with van der Waals surface area (Å²) >= 11 is 0. The van der Waals surface area contributed by atoms with Crippen LogP contribution in [-0.2, 0) is 17.8 Å². The van der Waals surface area contributed by atoms with E-state index in [0.717, 1.165) is 16.5 Å². The maximum absolute atomic E-state index is 10.7. The Balaban J connectivity index is 2.67. The number of anilines is 1. The number of hydrogen-bond donors (Lipinski definition) is 2. The van der Waals surface area contributed by atoms with Gasteiger partial charge in [-0.15, -0.1) is 0 Å². The molecule has 5 nitrogen and oxygen atoms in total. The lowest BCUT2D eigenvalue weighted by atomic mass is 10.1. The molecule has 0 aliphatic heterocycles. The van der Waals surface area contributed by atoms with Gasteiger partial charge in [0.25, 0.3) is 0 Å². The standard InChI is InChI=1S/C12H11N3O2/c13-5-4-8-6-15(7-11(16)17)10-3-1-2-9(14)12(8)10/h1-3,6H,4,7,14H2,(H,16,17). The highest BCUT2D eigenvalue weighted by molar-refractivity contribution is 5.95. The van der Waals surface area contributed by atoms with Crippen LogP contribution in [0.4, 0.5) is 5.69 Å². The number of carboxylic acid groups (broad SMARTS) is 1. The lowest BCUT2D eigenvalue weighted by Crippen LogP contribution is -2.07. The van der Waals surface area contributed by atoms with Crippen LogP contribution in [0.3, 0.4) is 0 Å². The highest BCUT2D eigenvalue weighted by atomic mass is 16.4. The molecule has 0 amide bonds. The van der Waals surface area contributed by atoms with E-state index in [0.29, 0.717) is 5.69 Å². The monoisotopic (exact) mass is 229 g/mol. The Morgan fingerprint density at radius 3 is 2.94 bits per heavy atom. The average Bonchev–Trinajstić information content (AvgIpc) is 2.58. The minimum absolute atomic E-state index is 0.134. The van der Waals surface area contributed by atoms with E-state index in [-0.39, 0.29) is 13.0 Å². The number of nitrogens with zero attached hydrogens (tertiary/aromatic N) is 2. The van der Waals surface area contributed by atoms with Gasteiger partial charge in [-0.3, -0.25) is 4.79 Å². The third-order valence-electron chi connectivity index (χ3n) is 2.59. The summed E-state index contributed by atoms with van der Waals surface area (Å²) in [6, 6.07) is 7.37. The van der Waals surface area contributed by atoms with Crippen LogP contribution in [0.1, 0.15) is 5.56 Å². The van der Waals surface area contributed by atoms with Gasteiger partial charge >= 0.3 is 5.97 Å². The maximum atomic E-state index is 10.7. The molecular weight excluding hydrogens is 218 g/mol. The summed E-state index contributed by atoms with van der Waals surface area (Å²) < 4.78 is 1.60. The van der Waals surface area contributed by atoms with Gasteiger partial charge in [0.05, 0.1) is 18.0 Å². The van der Waals surface area contributed by atoms with E-state index < -0.39 is 5.97 Å². The van der Waals surface area contributed by atoms with Gasteiger partial charge in [0.1, 0.15) is 6.54 Å². The number of nitrogens with two attached hydrogens (primary N) is 1. The zero-order valence-electron chi connectivity index (χ0n) is 9.05. The van der Waals surface area contributed by atoms with Crippen molar-refractivity contribution in [1.82, 2.24) is 4.57 Å². The predicted octanol–water partition coefficient (Wildman–Crippen LogP) is 1.37. The zero-order chi connectivity index (χ0) is 12.4. The van der Waals surface area contributed by atoms with E-state index in [1.54, 1.807) is 29.0 Å². The number of carboxylic acids is 1. The highest BCUT2D eigenvalue weighted by Crippen LogP contribution is 2.27. The first-order valence-electron chi connectivity index (χ1n) is 5.08. The second-order valence-electron chi connectivity index (χ2n) is 3.75. The fourth-order valence-corrected chi connectivity index (χ4v) is 1.96. The minimum atomic E-state index is -0.923. The van der Waals surface area contributed by atoms with Crippen LogP contribution in [0.5, 0.6) is 0 Å². The molecule has 0 radical (unpaired) electrons. The molecule has 0 fully saturated rings. The molecule has 1 heterocycles. The van der Waals surface area contributed by atoms with Gasteiger partial charge in [0.15, 0.2) is 0 Å². The van der Waals surface area contributed by atoms with Gasteiger partial charge in [-0.25, -0.2) is 0 Å². The Bertz CT molecular complexity index is 622. The second kappa shape index (κ2) is 4.18. The number of aliphatic carboxylic acids is 1. The largest absolute Gasteiger partial charge is 0.480 e. The first-order chi connectivity index (χ1) is 8.13. The summed E-state index contributed by atoms with van der Waals surface area (Å²) in [6.45, 7) is -0.134. The van der Waals surface area contributed by atoms with Crippen molar-refractivity contribution < 1.29 is 9.90 Å². The van der Waals surface area contributed by atoms with Gasteiger partial charge in [0, 0.05) is 17.3 Å². The summed E-state index contributed by atoms with van der Waals surface area (Å²) in [6.07, 6.45) is 1.90. The lowest BCUT2D eigenvalue weighted by molar-refractivity contribution is -0.137. The molecule has 86 valence electrons. The Morgan fingerprint density at radius 1 is 1.53 bits per heavy atom. The minimum Gasteiger partial charge on any atom is -0.480 e. The van der Waals surface area contributed by atoms with Crippen LogP contribution < -0.4 is 5.73 Å². The van der Waals surface area contributed by atoms with Gasteiger partial charge in [-0.2, -0.15) is 5.26 Å². The molecule has 17 heavy (non-hydrogen) atoms. The molecule has 0 unspecified atom stereocenters. The summed E-state index contributed by atoms with van der Waals surface area (Å²) in [7, 11) is 0. The summed E-state index contributed by atoms with van der Waals surface area (Å²) in [5.74, 6) is -0.923. The van der Waals surface area contributed by atoms with Crippen molar-refractivity contribution in [2.45, 2.75) is 13.0 Å². The Labute approximate surface area is 97.7 Å². The molecule has 0 saturated heterocycles. The van der Waals surface area contributed by atoms with Crippen LogP contribution in [0.15, 0.2) is 24.4 Å². The summed E-state index contributed by atoms with van der Waals surface area (Å²) in [5, 5.41) is 18.3. The summed E-state index contributed by atoms with van der Waals surface area (Å²) in [4.78, 5) is 10.7. The van der Waals surface area contributed by atoms with Crippen molar-refractivity contribution in [3.05, 3.63) is 30.0 Å². The van der Waals surface area contributed by atoms with E-state index in [2.05, 4.69) is 6.07 Å². The first-order valence-corrected chi connectivity index (χ1v) is 5.08. The van der Waals surface area contributed by atoms with Gasteiger partial charge in [-0.1, -0.05) is 6.07 Å². The van der Waals surface area contributed by atoms with Crippen molar-refractivity contribution in [2.75, 3.05) is 5.73 Å². The van der Waals surface area contributed by atoms with Gasteiger partial charge in [-0.05, 0) is 17.7 Å². The summed E-state index contributed by atoms with van der Waals surface area (Å²) in [5.41, 5.74) is 7.94. The van der Waals surface area contributed by atoms with Crippen LogP contribution >= 0.6 is 0 Å². The van der Waals surface area contributed by atoms with Crippen molar-refractivity contribution in [2.24, 2.45) is 0 Å². The number of fused-ring (bicyclic) bond motifs is 1. The second-order valence-corrected chi connectivity index (χ2v) is 3.75. The molecule has 0 bridgehead atoms. The number of nitriles is 1. The molecule has 3 N–H and O–H groups in total. The zero-order valence-corrected chi connectivity index (χ0v) is 9.05. The Hall–Kier alpha value is -2.48. The van der Waals surface area contributed by atoms with E-state index in [1.807, 2.05) is 0 Å². The smallest absolute Gasteiger partial charge is 0.323 e. The van der Waals surface area contributed by atoms with Crippen molar-refractivity contribution in [3.63, 3.8) is 0 Å². The Kier molecular flexibility index (Phi) is 2.71. The van der Waals surface area contributed by atoms with Crippen molar-refractivity contribution >= 4 is 22.6 Å². The van der Waals surface area contributed by atoms with Crippen molar-refractivity contribution in [1.29, 1.82) is 5.26 Å². The molecule has 0 aliphatic carbocycles. The first kappa shape index (κ1) is 11.0. The number of hydrogen-bond acceptors (Lipinski definition) is 3. The molecule has 5 heteroatoms. The van der Waals surface area contributed by atoms with Crippen LogP contribution in [0.2, 0.25) is 0 Å². The van der Waals surface area contributed by atoms with Crippen LogP contribution in [0, 0.1) is 11.3 Å². The molecule has 1 aromatic heterocycles. The number of rotatable bonds is 3. The van der Waals surface area contributed by atoms with Crippen LogP contribution in [-0.4, -0.2) is 15.6 Å². The molecular formula is C12H11N3O2. The van der Waals surface area contributed by atoms with E-state index in [4.69, 9.17) is 16.1 Å². The molecule has 0 saturated carbocycles. The fourth-order valence-electron chi connectivity index (χ4n) is 1.96. The molecule has 0 aliphatic rings. The fraction of sp³-hybridized carbons (Fsp3) is 0.167. The lowest BCUT2D eigenvalue weighted by Gasteiger charge is -2.01. The van der Waals surface area contributed by atoms with Crippen molar-refractivity contribution in [3.8, 4) is 6.07 Å². The third-order valence-corrected chi connectivity index (χ3v) is 2.59. The van der Waals surface area contributed by atoms with Crippen LogP contribution in [0.25, 0.3) is 10.9 Å². The average molecular weight is 229 g/mol.